The molecule has 3 N–H and O–H groups in total. The largest absolute Gasteiger partial charge is 0.397 e. The Labute approximate surface area is 119 Å². The van der Waals surface area contributed by atoms with Gasteiger partial charge in [0.2, 0.25) is 0 Å². The first-order valence-corrected chi connectivity index (χ1v) is 7.38. The number of carbonyl (C=O) groups is 1. The third kappa shape index (κ3) is 2.93. The molecule has 20 heavy (non-hydrogen) atoms. The summed E-state index contributed by atoms with van der Waals surface area (Å²) in [6, 6.07) is 2.53. The van der Waals surface area contributed by atoms with Gasteiger partial charge in [-0.25, -0.2) is 0 Å². The monoisotopic (exact) mass is 274 g/mol. The highest BCUT2D eigenvalue weighted by atomic mass is 16.1. The molecule has 2 heterocycles. The van der Waals surface area contributed by atoms with E-state index in [4.69, 9.17) is 5.73 Å². The van der Waals surface area contributed by atoms with Crippen molar-refractivity contribution in [3.05, 3.63) is 23.5 Å². The van der Waals surface area contributed by atoms with E-state index in [-0.39, 0.29) is 5.91 Å². The molecular formula is C15H22N4O. The van der Waals surface area contributed by atoms with E-state index in [0.29, 0.717) is 17.2 Å². The molecule has 0 spiro atoms. The van der Waals surface area contributed by atoms with E-state index in [1.165, 1.54) is 25.8 Å². The summed E-state index contributed by atoms with van der Waals surface area (Å²) in [6.07, 6.45) is 5.47. The second-order valence-corrected chi connectivity index (χ2v) is 5.99. The number of rotatable bonds is 4. The maximum absolute atomic E-state index is 12.2. The maximum Gasteiger partial charge on any atom is 0.253 e. The molecule has 0 radical (unpaired) electrons. The SMILES string of the molecule is Cc1ncc(N)cc1C(=O)NCC1CCN(C2CC2)C1. The number of amides is 1. The summed E-state index contributed by atoms with van der Waals surface area (Å²) in [6.45, 7) is 4.89. The summed E-state index contributed by atoms with van der Waals surface area (Å²) in [7, 11) is 0. The lowest BCUT2D eigenvalue weighted by Crippen LogP contribution is -2.32. The molecule has 5 heteroatoms. The third-order valence-corrected chi connectivity index (χ3v) is 4.28. The molecule has 3 rings (SSSR count). The highest BCUT2D eigenvalue weighted by molar-refractivity contribution is 5.95. The Bertz CT molecular complexity index is 513. The van der Waals surface area contributed by atoms with E-state index in [2.05, 4.69) is 15.2 Å². The molecule has 2 fully saturated rings. The van der Waals surface area contributed by atoms with Gasteiger partial charge in [-0.05, 0) is 44.7 Å². The summed E-state index contributed by atoms with van der Waals surface area (Å²) in [4.78, 5) is 18.9. The molecule has 1 aliphatic heterocycles. The van der Waals surface area contributed by atoms with Gasteiger partial charge in [0.05, 0.1) is 23.1 Å². The first-order valence-electron chi connectivity index (χ1n) is 7.38. The van der Waals surface area contributed by atoms with E-state index in [1.807, 2.05) is 6.92 Å². The van der Waals surface area contributed by atoms with E-state index in [1.54, 1.807) is 12.3 Å². The number of anilines is 1. The number of nitrogen functional groups attached to an aromatic ring is 1. The number of nitrogens with zero attached hydrogens (tertiary/aromatic N) is 2. The highest BCUT2D eigenvalue weighted by Gasteiger charge is 2.34. The molecule has 1 aliphatic carbocycles. The van der Waals surface area contributed by atoms with Crippen LogP contribution in [0.3, 0.4) is 0 Å². The first kappa shape index (κ1) is 13.4. The topological polar surface area (TPSA) is 71.2 Å². The molecule has 1 aromatic heterocycles. The zero-order chi connectivity index (χ0) is 14.1. The summed E-state index contributed by atoms with van der Waals surface area (Å²) >= 11 is 0. The molecule has 1 aromatic rings. The molecule has 0 aromatic carbocycles. The number of aryl methyl sites for hydroxylation is 1. The van der Waals surface area contributed by atoms with Crippen molar-refractivity contribution in [3.63, 3.8) is 0 Å². The fraction of sp³-hybridized carbons (Fsp3) is 0.600. The summed E-state index contributed by atoms with van der Waals surface area (Å²) < 4.78 is 0. The van der Waals surface area contributed by atoms with Crippen LogP contribution in [-0.2, 0) is 0 Å². The van der Waals surface area contributed by atoms with Crippen molar-refractivity contribution in [3.8, 4) is 0 Å². The molecule has 1 amide bonds. The highest BCUT2D eigenvalue weighted by Crippen LogP contribution is 2.31. The molecule has 108 valence electrons. The standard InChI is InChI=1S/C15H22N4O/c1-10-14(6-12(16)8-17-10)15(20)18-7-11-4-5-19(9-11)13-2-3-13/h6,8,11,13H,2-5,7,9,16H2,1H3,(H,18,20). The van der Waals surface area contributed by atoms with Gasteiger partial charge in [0.25, 0.3) is 5.91 Å². The van der Waals surface area contributed by atoms with Gasteiger partial charge < -0.3 is 16.0 Å². The van der Waals surface area contributed by atoms with Crippen molar-refractivity contribution in [2.24, 2.45) is 5.92 Å². The quantitative estimate of drug-likeness (QED) is 0.865. The van der Waals surface area contributed by atoms with Crippen LogP contribution >= 0.6 is 0 Å². The Balaban J connectivity index is 1.53. The molecule has 0 bridgehead atoms. The minimum absolute atomic E-state index is 0.0628. The van der Waals surface area contributed by atoms with Crippen LogP contribution in [0.15, 0.2) is 12.3 Å². The van der Waals surface area contributed by atoms with Crippen LogP contribution in [0.1, 0.15) is 35.3 Å². The molecule has 1 atom stereocenters. The minimum Gasteiger partial charge on any atom is -0.397 e. The van der Waals surface area contributed by atoms with Gasteiger partial charge >= 0.3 is 0 Å². The van der Waals surface area contributed by atoms with E-state index < -0.39 is 0 Å². The summed E-state index contributed by atoms with van der Waals surface area (Å²) in [5, 5.41) is 3.03. The minimum atomic E-state index is -0.0628. The number of nitrogens with one attached hydrogen (secondary N) is 1. The van der Waals surface area contributed by atoms with Gasteiger partial charge in [-0.1, -0.05) is 0 Å². The zero-order valence-electron chi connectivity index (χ0n) is 11.9. The number of likely N-dealkylation sites (tertiary alicyclic amines) is 1. The molecular weight excluding hydrogens is 252 g/mol. The number of pyridine rings is 1. The van der Waals surface area contributed by atoms with Gasteiger partial charge in [-0.15, -0.1) is 0 Å². The Morgan fingerprint density at radius 3 is 3.05 bits per heavy atom. The molecule has 1 saturated heterocycles. The lowest BCUT2D eigenvalue weighted by Gasteiger charge is -2.15. The van der Waals surface area contributed by atoms with Crippen LogP contribution in [0.25, 0.3) is 0 Å². The van der Waals surface area contributed by atoms with Crippen molar-refractivity contribution in [1.82, 2.24) is 15.2 Å². The van der Waals surface area contributed by atoms with Gasteiger partial charge in [0.15, 0.2) is 0 Å². The Kier molecular flexibility index (Phi) is 3.61. The number of nitrogens with two attached hydrogens (primary N) is 1. The predicted molar refractivity (Wildman–Crippen MR) is 78.4 cm³/mol. The van der Waals surface area contributed by atoms with Crippen molar-refractivity contribution in [2.75, 3.05) is 25.4 Å². The van der Waals surface area contributed by atoms with Crippen molar-refractivity contribution >= 4 is 11.6 Å². The second-order valence-electron chi connectivity index (χ2n) is 5.99. The fourth-order valence-corrected chi connectivity index (χ4v) is 2.91. The number of aromatic nitrogens is 1. The van der Waals surface area contributed by atoms with E-state index in [9.17, 15) is 4.79 Å². The Hall–Kier alpha value is -1.62. The zero-order valence-corrected chi connectivity index (χ0v) is 11.9. The second kappa shape index (κ2) is 5.40. The third-order valence-electron chi connectivity index (χ3n) is 4.28. The van der Waals surface area contributed by atoms with Gasteiger partial charge in [-0.2, -0.15) is 0 Å². The van der Waals surface area contributed by atoms with Crippen molar-refractivity contribution in [1.29, 1.82) is 0 Å². The van der Waals surface area contributed by atoms with Crippen LogP contribution in [0.5, 0.6) is 0 Å². The molecule has 2 aliphatic rings. The summed E-state index contributed by atoms with van der Waals surface area (Å²) in [5.74, 6) is 0.515. The van der Waals surface area contributed by atoms with Crippen molar-refractivity contribution in [2.45, 2.75) is 32.2 Å². The molecule has 1 unspecified atom stereocenters. The number of carbonyl (C=O) groups excluding carboxylic acids is 1. The molecule has 5 nitrogen and oxygen atoms in total. The Morgan fingerprint density at radius 1 is 1.50 bits per heavy atom. The fourth-order valence-electron chi connectivity index (χ4n) is 2.91. The molecule has 1 saturated carbocycles. The smallest absolute Gasteiger partial charge is 0.253 e. The lowest BCUT2D eigenvalue weighted by molar-refractivity contribution is 0.0946. The normalized spacial score (nSPS) is 22.9. The summed E-state index contributed by atoms with van der Waals surface area (Å²) in [5.41, 5.74) is 7.53. The maximum atomic E-state index is 12.2. The van der Waals surface area contributed by atoms with Crippen LogP contribution in [0.4, 0.5) is 5.69 Å². The average Bonchev–Trinajstić information content (AvgIpc) is 3.18. The lowest BCUT2D eigenvalue weighted by atomic mass is 10.1. The van der Waals surface area contributed by atoms with Crippen LogP contribution in [0.2, 0.25) is 0 Å². The predicted octanol–water partition coefficient (Wildman–Crippen LogP) is 1.19. The van der Waals surface area contributed by atoms with Crippen LogP contribution in [-0.4, -0.2) is 41.5 Å². The van der Waals surface area contributed by atoms with Gasteiger partial charge in [-0.3, -0.25) is 9.78 Å². The van der Waals surface area contributed by atoms with E-state index in [0.717, 1.165) is 24.8 Å². The van der Waals surface area contributed by atoms with E-state index >= 15 is 0 Å². The Morgan fingerprint density at radius 2 is 2.30 bits per heavy atom. The van der Waals surface area contributed by atoms with Crippen molar-refractivity contribution < 1.29 is 4.79 Å². The van der Waals surface area contributed by atoms with Gasteiger partial charge in [0.1, 0.15) is 0 Å². The van der Waals surface area contributed by atoms with Gasteiger partial charge in [0, 0.05) is 19.1 Å². The number of hydrogen-bond donors (Lipinski definition) is 2. The van der Waals surface area contributed by atoms with Crippen LogP contribution < -0.4 is 11.1 Å². The van der Waals surface area contributed by atoms with Crippen LogP contribution in [0, 0.1) is 12.8 Å². The average molecular weight is 274 g/mol. The first-order chi connectivity index (χ1) is 9.63. The number of hydrogen-bond acceptors (Lipinski definition) is 4.